The molecule has 0 bridgehead atoms. The molecule has 0 saturated carbocycles. The van der Waals surface area contributed by atoms with Gasteiger partial charge in [-0.2, -0.15) is 0 Å². The Morgan fingerprint density at radius 2 is 2.17 bits per heavy atom. The fourth-order valence-electron chi connectivity index (χ4n) is 0.803. The Balaban J connectivity index is 2.72. The lowest BCUT2D eigenvalue weighted by molar-refractivity contribution is 1.15. The predicted molar refractivity (Wildman–Crippen MR) is 55.6 cm³/mol. The van der Waals surface area contributed by atoms with E-state index in [-0.39, 0.29) is 0 Å². The van der Waals surface area contributed by atoms with Crippen LogP contribution in [0.2, 0.25) is 5.02 Å². The normalized spacial score (nSPS) is 10.2. The molecule has 1 rings (SSSR count). The number of hydrogen-bond acceptors (Lipinski definition) is 3. The lowest BCUT2D eigenvalue weighted by Crippen LogP contribution is -2.00. The van der Waals surface area contributed by atoms with E-state index >= 15 is 0 Å². The van der Waals surface area contributed by atoms with Gasteiger partial charge in [0.05, 0.1) is 5.02 Å². The van der Waals surface area contributed by atoms with Gasteiger partial charge >= 0.3 is 0 Å². The molecular weight excluding hydrogens is 192 g/mol. The Kier molecular flexibility index (Phi) is 3.72. The summed E-state index contributed by atoms with van der Waals surface area (Å²) >= 11 is 7.57. The van der Waals surface area contributed by atoms with Gasteiger partial charge in [0.15, 0.2) is 0 Å². The van der Waals surface area contributed by atoms with Crippen LogP contribution in [-0.2, 0) is 0 Å². The third-order valence-electron chi connectivity index (χ3n) is 1.33. The Morgan fingerprint density at radius 1 is 1.42 bits per heavy atom. The first kappa shape index (κ1) is 9.71. The maximum atomic E-state index is 5.92. The molecule has 12 heavy (non-hydrogen) atoms. The molecule has 0 atom stereocenters. The summed E-state index contributed by atoms with van der Waals surface area (Å²) in [5, 5.41) is 0.702. The topological polar surface area (TPSA) is 52.0 Å². The highest BCUT2D eigenvalue weighted by Crippen LogP contribution is 2.28. The summed E-state index contributed by atoms with van der Waals surface area (Å²) in [6.07, 6.45) is 0. The number of hydrogen-bond donors (Lipinski definition) is 2. The molecular formula is C8H11ClN2S. The summed E-state index contributed by atoms with van der Waals surface area (Å²) in [6.45, 7) is 0.658. The Hall–Kier alpha value is -0.380. The van der Waals surface area contributed by atoms with Crippen molar-refractivity contribution < 1.29 is 0 Å². The van der Waals surface area contributed by atoms with Gasteiger partial charge in [-0.3, -0.25) is 0 Å². The highest BCUT2D eigenvalue weighted by atomic mass is 35.5. The van der Waals surface area contributed by atoms with Crippen LogP contribution < -0.4 is 11.5 Å². The largest absolute Gasteiger partial charge is 0.399 e. The van der Waals surface area contributed by atoms with E-state index in [9.17, 15) is 0 Å². The van der Waals surface area contributed by atoms with E-state index in [1.165, 1.54) is 0 Å². The SMILES string of the molecule is NCCSc1ccc(N)cc1Cl. The molecule has 0 radical (unpaired) electrons. The highest BCUT2D eigenvalue weighted by Gasteiger charge is 1.99. The van der Waals surface area contributed by atoms with Gasteiger partial charge < -0.3 is 11.5 Å². The smallest absolute Gasteiger partial charge is 0.0562 e. The van der Waals surface area contributed by atoms with Gasteiger partial charge in [0.25, 0.3) is 0 Å². The van der Waals surface area contributed by atoms with Crippen LogP contribution in [0.3, 0.4) is 0 Å². The molecule has 0 unspecified atom stereocenters. The molecule has 0 fully saturated rings. The number of benzene rings is 1. The molecule has 0 aliphatic rings. The van der Waals surface area contributed by atoms with Crippen LogP contribution in [0.15, 0.2) is 23.1 Å². The molecule has 0 aliphatic carbocycles. The fraction of sp³-hybridized carbons (Fsp3) is 0.250. The van der Waals surface area contributed by atoms with Gasteiger partial charge in [-0.15, -0.1) is 11.8 Å². The lowest BCUT2D eigenvalue weighted by atomic mass is 10.3. The molecule has 0 spiro atoms. The fourth-order valence-corrected chi connectivity index (χ4v) is 1.85. The third kappa shape index (κ3) is 2.59. The highest BCUT2D eigenvalue weighted by molar-refractivity contribution is 7.99. The number of nitrogens with two attached hydrogens (primary N) is 2. The maximum absolute atomic E-state index is 5.92. The van der Waals surface area contributed by atoms with Crippen LogP contribution in [-0.4, -0.2) is 12.3 Å². The number of anilines is 1. The molecule has 2 nitrogen and oxygen atoms in total. The van der Waals surface area contributed by atoms with Gasteiger partial charge in [0.2, 0.25) is 0 Å². The lowest BCUT2D eigenvalue weighted by Gasteiger charge is -2.02. The van der Waals surface area contributed by atoms with Crippen molar-refractivity contribution in [3.8, 4) is 0 Å². The molecule has 0 aliphatic heterocycles. The predicted octanol–water partition coefficient (Wildman–Crippen LogP) is 1.97. The summed E-state index contributed by atoms with van der Waals surface area (Å²) in [5.41, 5.74) is 11.6. The minimum absolute atomic E-state index is 0.658. The number of halogens is 1. The quantitative estimate of drug-likeness (QED) is 0.582. The van der Waals surface area contributed by atoms with Crippen molar-refractivity contribution in [1.29, 1.82) is 0 Å². The van der Waals surface area contributed by atoms with Crippen molar-refractivity contribution in [2.45, 2.75) is 4.90 Å². The van der Waals surface area contributed by atoms with E-state index in [1.807, 2.05) is 12.1 Å². The number of rotatable bonds is 3. The van der Waals surface area contributed by atoms with Crippen LogP contribution in [0.4, 0.5) is 5.69 Å². The summed E-state index contributed by atoms with van der Waals surface area (Å²) in [4.78, 5) is 1.04. The summed E-state index contributed by atoms with van der Waals surface area (Å²) < 4.78 is 0. The minimum Gasteiger partial charge on any atom is -0.399 e. The second-order valence-corrected chi connectivity index (χ2v) is 3.87. The van der Waals surface area contributed by atoms with E-state index in [4.69, 9.17) is 23.1 Å². The maximum Gasteiger partial charge on any atom is 0.0562 e. The van der Waals surface area contributed by atoms with Crippen LogP contribution >= 0.6 is 23.4 Å². The average Bonchev–Trinajstić information content (AvgIpc) is 2.03. The molecule has 0 saturated heterocycles. The van der Waals surface area contributed by atoms with E-state index in [2.05, 4.69) is 0 Å². The standard InChI is InChI=1S/C8H11ClN2S/c9-7-5-6(11)1-2-8(7)12-4-3-10/h1-2,5H,3-4,10-11H2. The van der Waals surface area contributed by atoms with Gasteiger partial charge in [-0.05, 0) is 18.2 Å². The zero-order chi connectivity index (χ0) is 8.97. The van der Waals surface area contributed by atoms with Crippen LogP contribution in [0, 0.1) is 0 Å². The summed E-state index contributed by atoms with van der Waals surface area (Å²) in [6, 6.07) is 5.50. The monoisotopic (exact) mass is 202 g/mol. The van der Waals surface area contributed by atoms with E-state index in [0.717, 1.165) is 10.6 Å². The van der Waals surface area contributed by atoms with Crippen molar-refractivity contribution >= 4 is 29.1 Å². The van der Waals surface area contributed by atoms with Crippen molar-refractivity contribution in [3.05, 3.63) is 23.2 Å². The number of thioether (sulfide) groups is 1. The molecule has 1 aromatic rings. The van der Waals surface area contributed by atoms with Gasteiger partial charge in [-0.1, -0.05) is 11.6 Å². The molecule has 4 N–H and O–H groups in total. The molecule has 1 aromatic carbocycles. The van der Waals surface area contributed by atoms with Gasteiger partial charge in [0.1, 0.15) is 0 Å². The van der Waals surface area contributed by atoms with Crippen LogP contribution in [0.5, 0.6) is 0 Å². The second kappa shape index (κ2) is 4.60. The van der Waals surface area contributed by atoms with E-state index in [0.29, 0.717) is 17.3 Å². The molecule has 0 aromatic heterocycles. The second-order valence-electron chi connectivity index (χ2n) is 2.33. The average molecular weight is 203 g/mol. The van der Waals surface area contributed by atoms with Crippen molar-refractivity contribution in [2.75, 3.05) is 18.0 Å². The van der Waals surface area contributed by atoms with Crippen LogP contribution in [0.1, 0.15) is 0 Å². The van der Waals surface area contributed by atoms with Gasteiger partial charge in [-0.25, -0.2) is 0 Å². The minimum atomic E-state index is 0.658. The summed E-state index contributed by atoms with van der Waals surface area (Å²) in [7, 11) is 0. The zero-order valence-electron chi connectivity index (χ0n) is 6.59. The Morgan fingerprint density at radius 3 is 2.75 bits per heavy atom. The van der Waals surface area contributed by atoms with Crippen molar-refractivity contribution in [3.63, 3.8) is 0 Å². The van der Waals surface area contributed by atoms with Gasteiger partial charge in [0, 0.05) is 22.9 Å². The van der Waals surface area contributed by atoms with Crippen LogP contribution in [0.25, 0.3) is 0 Å². The molecule has 0 heterocycles. The first-order chi connectivity index (χ1) is 5.74. The molecule has 66 valence electrons. The van der Waals surface area contributed by atoms with Crippen molar-refractivity contribution in [1.82, 2.24) is 0 Å². The first-order valence-electron chi connectivity index (χ1n) is 3.62. The first-order valence-corrected chi connectivity index (χ1v) is 4.98. The van der Waals surface area contributed by atoms with E-state index < -0.39 is 0 Å². The summed E-state index contributed by atoms with van der Waals surface area (Å²) in [5.74, 6) is 0.879. The zero-order valence-corrected chi connectivity index (χ0v) is 8.16. The Labute approximate surface area is 81.3 Å². The molecule has 4 heteroatoms. The molecule has 0 amide bonds. The van der Waals surface area contributed by atoms with E-state index in [1.54, 1.807) is 17.8 Å². The Bertz CT molecular complexity index is 265. The van der Waals surface area contributed by atoms with Crippen molar-refractivity contribution in [2.24, 2.45) is 5.73 Å². The third-order valence-corrected chi connectivity index (χ3v) is 2.86. The number of nitrogen functional groups attached to an aromatic ring is 1.